The van der Waals surface area contributed by atoms with Gasteiger partial charge in [-0.05, 0) is 42.8 Å². The maximum absolute atomic E-state index is 12.7. The number of hydrogen-bond acceptors (Lipinski definition) is 4. The van der Waals surface area contributed by atoms with E-state index in [9.17, 15) is 9.59 Å². The summed E-state index contributed by atoms with van der Waals surface area (Å²) >= 11 is 3.39. The quantitative estimate of drug-likeness (QED) is 0.776. The number of anilines is 1. The van der Waals surface area contributed by atoms with Gasteiger partial charge in [0.25, 0.3) is 5.91 Å². The lowest BCUT2D eigenvalue weighted by Crippen LogP contribution is -2.35. The van der Waals surface area contributed by atoms with E-state index >= 15 is 0 Å². The summed E-state index contributed by atoms with van der Waals surface area (Å²) in [5.41, 5.74) is 1.97. The van der Waals surface area contributed by atoms with Crippen molar-refractivity contribution in [3.05, 3.63) is 52.0 Å². The van der Waals surface area contributed by atoms with Crippen LogP contribution in [0.5, 0.6) is 11.5 Å². The maximum atomic E-state index is 12.7. The molecule has 0 atom stereocenters. The van der Waals surface area contributed by atoms with Crippen molar-refractivity contribution in [2.45, 2.75) is 6.92 Å². The molecule has 2 rings (SSSR count). The van der Waals surface area contributed by atoms with Crippen molar-refractivity contribution in [1.82, 2.24) is 4.90 Å². The summed E-state index contributed by atoms with van der Waals surface area (Å²) in [5.74, 6) is 0.189. The van der Waals surface area contributed by atoms with Gasteiger partial charge in [0.05, 0.1) is 26.3 Å². The van der Waals surface area contributed by atoms with Crippen LogP contribution in [0, 0.1) is 6.92 Å². The number of likely N-dealkylation sites (N-methyl/N-ethyl adjacent to an activating group) is 1. The van der Waals surface area contributed by atoms with Crippen LogP contribution in [0.3, 0.4) is 0 Å². The van der Waals surface area contributed by atoms with Crippen LogP contribution in [0.1, 0.15) is 15.9 Å². The van der Waals surface area contributed by atoms with Gasteiger partial charge >= 0.3 is 0 Å². The Morgan fingerprint density at radius 3 is 2.50 bits per heavy atom. The van der Waals surface area contributed by atoms with Crippen molar-refractivity contribution in [2.24, 2.45) is 0 Å². The second kappa shape index (κ2) is 8.71. The highest BCUT2D eigenvalue weighted by Gasteiger charge is 2.21. The third-order valence-electron chi connectivity index (χ3n) is 3.82. The van der Waals surface area contributed by atoms with Crippen molar-refractivity contribution < 1.29 is 19.1 Å². The first-order chi connectivity index (χ1) is 12.4. The van der Waals surface area contributed by atoms with Gasteiger partial charge in [0.15, 0.2) is 11.5 Å². The van der Waals surface area contributed by atoms with E-state index in [0.29, 0.717) is 22.7 Å². The lowest BCUT2D eigenvalue weighted by Gasteiger charge is -2.19. The van der Waals surface area contributed by atoms with Crippen molar-refractivity contribution in [2.75, 3.05) is 33.1 Å². The summed E-state index contributed by atoms with van der Waals surface area (Å²) in [6.07, 6.45) is 0. The summed E-state index contributed by atoms with van der Waals surface area (Å²) in [7, 11) is 4.54. The number of nitrogens with zero attached hydrogens (tertiary/aromatic N) is 1. The molecule has 0 saturated heterocycles. The van der Waals surface area contributed by atoms with Crippen LogP contribution >= 0.6 is 15.9 Å². The van der Waals surface area contributed by atoms with Crippen LogP contribution < -0.4 is 14.8 Å². The molecule has 0 aliphatic rings. The number of ether oxygens (including phenoxy) is 2. The highest BCUT2D eigenvalue weighted by molar-refractivity contribution is 9.10. The van der Waals surface area contributed by atoms with Gasteiger partial charge in [-0.25, -0.2) is 0 Å². The van der Waals surface area contributed by atoms with E-state index in [0.717, 1.165) is 10.0 Å². The van der Waals surface area contributed by atoms with E-state index in [2.05, 4.69) is 21.2 Å². The maximum Gasteiger partial charge on any atom is 0.257 e. The van der Waals surface area contributed by atoms with Crippen LogP contribution in [0.4, 0.5) is 5.69 Å². The Balaban J connectivity index is 2.10. The molecule has 6 nitrogen and oxygen atoms in total. The number of rotatable bonds is 6. The number of para-hydroxylation sites is 1. The predicted octanol–water partition coefficient (Wildman–Crippen LogP) is 3.49. The van der Waals surface area contributed by atoms with Gasteiger partial charge in [-0.3, -0.25) is 9.59 Å². The summed E-state index contributed by atoms with van der Waals surface area (Å²) in [6.45, 7) is 1.81. The number of aryl methyl sites for hydroxylation is 1. The molecule has 1 N–H and O–H groups in total. The molecular weight excluding hydrogens is 400 g/mol. The number of carbonyl (C=O) groups excluding carboxylic acids is 2. The fraction of sp³-hybridized carbons (Fsp3) is 0.263. The molecule has 2 aromatic rings. The van der Waals surface area contributed by atoms with E-state index in [1.54, 1.807) is 25.2 Å². The minimum absolute atomic E-state index is 0.0886. The zero-order valence-corrected chi connectivity index (χ0v) is 16.7. The summed E-state index contributed by atoms with van der Waals surface area (Å²) in [6, 6.07) is 10.6. The average molecular weight is 421 g/mol. The van der Waals surface area contributed by atoms with Gasteiger partial charge in [0, 0.05) is 17.2 Å². The van der Waals surface area contributed by atoms with Gasteiger partial charge in [0.2, 0.25) is 5.91 Å². The molecule has 0 aliphatic carbocycles. The predicted molar refractivity (Wildman–Crippen MR) is 104 cm³/mol. The first-order valence-corrected chi connectivity index (χ1v) is 8.69. The second-order valence-electron chi connectivity index (χ2n) is 5.71. The number of nitrogens with one attached hydrogen (secondary N) is 1. The van der Waals surface area contributed by atoms with Crippen molar-refractivity contribution >= 4 is 33.4 Å². The lowest BCUT2D eigenvalue weighted by atomic mass is 10.1. The molecule has 0 radical (unpaired) electrons. The third-order valence-corrected chi connectivity index (χ3v) is 4.32. The Labute approximate surface area is 161 Å². The van der Waals surface area contributed by atoms with Gasteiger partial charge in [0.1, 0.15) is 0 Å². The minimum atomic E-state index is -0.330. The monoisotopic (exact) mass is 420 g/mol. The number of methoxy groups -OCH3 is 2. The summed E-state index contributed by atoms with van der Waals surface area (Å²) < 4.78 is 11.4. The van der Waals surface area contributed by atoms with Crippen LogP contribution in [0.15, 0.2) is 40.9 Å². The largest absolute Gasteiger partial charge is 0.493 e. The molecule has 0 bridgehead atoms. The molecule has 138 valence electrons. The summed E-state index contributed by atoms with van der Waals surface area (Å²) in [5, 5.41) is 2.82. The first-order valence-electron chi connectivity index (χ1n) is 7.89. The number of carbonyl (C=O) groups is 2. The molecule has 26 heavy (non-hydrogen) atoms. The van der Waals surface area contributed by atoms with E-state index in [4.69, 9.17) is 9.47 Å². The molecule has 0 unspecified atom stereocenters. The Morgan fingerprint density at radius 2 is 1.88 bits per heavy atom. The third kappa shape index (κ3) is 4.54. The van der Waals surface area contributed by atoms with Crippen molar-refractivity contribution in [3.8, 4) is 11.5 Å². The molecule has 0 aromatic heterocycles. The molecule has 0 aliphatic heterocycles. The molecule has 7 heteroatoms. The average Bonchev–Trinajstić information content (AvgIpc) is 2.62. The lowest BCUT2D eigenvalue weighted by molar-refractivity contribution is -0.116. The molecule has 0 heterocycles. The first kappa shape index (κ1) is 19.8. The van der Waals surface area contributed by atoms with E-state index < -0.39 is 0 Å². The number of halogens is 1. The molecule has 0 saturated carbocycles. The highest BCUT2D eigenvalue weighted by atomic mass is 79.9. The smallest absolute Gasteiger partial charge is 0.257 e. The van der Waals surface area contributed by atoms with Gasteiger partial charge in [-0.15, -0.1) is 0 Å². The molecule has 0 fully saturated rings. The zero-order chi connectivity index (χ0) is 19.3. The van der Waals surface area contributed by atoms with E-state index in [-0.39, 0.29) is 18.4 Å². The molecule has 2 aromatic carbocycles. The van der Waals surface area contributed by atoms with Crippen LogP contribution in [-0.2, 0) is 4.79 Å². The molecule has 2 amide bonds. The Morgan fingerprint density at radius 1 is 1.15 bits per heavy atom. The molecule has 0 spiro atoms. The summed E-state index contributed by atoms with van der Waals surface area (Å²) in [4.78, 5) is 26.3. The van der Waals surface area contributed by atoms with Gasteiger partial charge in [-0.2, -0.15) is 0 Å². The Kier molecular flexibility index (Phi) is 6.63. The zero-order valence-electron chi connectivity index (χ0n) is 15.1. The number of benzene rings is 2. The Bertz CT molecular complexity index is 823. The Hall–Kier alpha value is -2.54. The SMILES string of the molecule is COc1cccc(C(=O)N(C)CC(=O)Nc2ccc(Br)cc2C)c1OC. The van der Waals surface area contributed by atoms with Crippen LogP contribution in [-0.4, -0.2) is 44.5 Å². The molecular formula is C19H21BrN2O4. The van der Waals surface area contributed by atoms with Crippen LogP contribution in [0.25, 0.3) is 0 Å². The topological polar surface area (TPSA) is 67.9 Å². The fourth-order valence-corrected chi connectivity index (χ4v) is 2.98. The van der Waals surface area contributed by atoms with Gasteiger partial charge < -0.3 is 19.7 Å². The number of amides is 2. The second-order valence-corrected chi connectivity index (χ2v) is 6.63. The normalized spacial score (nSPS) is 10.2. The fourth-order valence-electron chi connectivity index (χ4n) is 2.51. The number of hydrogen-bond donors (Lipinski definition) is 1. The van der Waals surface area contributed by atoms with Gasteiger partial charge in [-0.1, -0.05) is 22.0 Å². The highest BCUT2D eigenvalue weighted by Crippen LogP contribution is 2.31. The van der Waals surface area contributed by atoms with Crippen LogP contribution in [0.2, 0.25) is 0 Å². The standard InChI is InChI=1S/C19H21BrN2O4/c1-12-10-13(20)8-9-15(12)21-17(23)11-22(2)19(24)14-6-5-7-16(25-3)18(14)26-4/h5-10H,11H2,1-4H3,(H,21,23). The van der Waals surface area contributed by atoms with E-state index in [1.807, 2.05) is 25.1 Å². The van der Waals surface area contributed by atoms with Crippen molar-refractivity contribution in [1.29, 1.82) is 0 Å². The van der Waals surface area contributed by atoms with E-state index in [1.165, 1.54) is 19.1 Å². The minimum Gasteiger partial charge on any atom is -0.493 e. The van der Waals surface area contributed by atoms with Crippen molar-refractivity contribution in [3.63, 3.8) is 0 Å².